The average Bonchev–Trinajstić information content (AvgIpc) is 2.82. The number of carbonyl (C=O) groups is 1. The molecule has 0 saturated heterocycles. The minimum Gasteiger partial charge on any atom is -0.354 e. The van der Waals surface area contributed by atoms with E-state index >= 15 is 0 Å². The summed E-state index contributed by atoms with van der Waals surface area (Å²) in [6.45, 7) is 6.12. The van der Waals surface area contributed by atoms with E-state index in [1.54, 1.807) is 12.4 Å². The van der Waals surface area contributed by atoms with E-state index in [0.29, 0.717) is 6.54 Å². The van der Waals surface area contributed by atoms with Crippen LogP contribution in [0.3, 0.4) is 0 Å². The molecule has 94 valence electrons. The normalized spacial score (nSPS) is 12.3. The Morgan fingerprint density at radius 2 is 2.33 bits per heavy atom. The number of hydrogen-bond acceptors (Lipinski definition) is 2. The lowest BCUT2D eigenvalue weighted by molar-refractivity contribution is -0.123. The van der Waals surface area contributed by atoms with Gasteiger partial charge in [-0.25, -0.2) is 4.98 Å². The van der Waals surface area contributed by atoms with Crippen LogP contribution in [0.2, 0.25) is 0 Å². The lowest BCUT2D eigenvalue weighted by atomic mass is 10.2. The SMILES string of the molecule is C=CCCNC(=O)C(C)n1cnc2ccccc21. The first-order valence-electron chi connectivity index (χ1n) is 6.04. The molecule has 0 aliphatic carbocycles. The maximum atomic E-state index is 12.0. The van der Waals surface area contributed by atoms with E-state index in [1.165, 1.54) is 0 Å². The first-order valence-corrected chi connectivity index (χ1v) is 6.04. The first kappa shape index (κ1) is 12.4. The predicted molar refractivity (Wildman–Crippen MR) is 72.3 cm³/mol. The Kier molecular flexibility index (Phi) is 3.77. The lowest BCUT2D eigenvalue weighted by Gasteiger charge is -2.14. The number of carbonyl (C=O) groups excluding carboxylic acids is 1. The van der Waals surface area contributed by atoms with Crippen LogP contribution in [0.5, 0.6) is 0 Å². The van der Waals surface area contributed by atoms with Gasteiger partial charge >= 0.3 is 0 Å². The molecule has 2 aromatic rings. The molecule has 0 aliphatic rings. The molecule has 1 heterocycles. The number of amides is 1. The minimum absolute atomic E-state index is 0.00000283. The zero-order chi connectivity index (χ0) is 13.0. The predicted octanol–water partition coefficient (Wildman–Crippen LogP) is 2.29. The van der Waals surface area contributed by atoms with Crippen molar-refractivity contribution in [3.8, 4) is 0 Å². The molecule has 2 rings (SSSR count). The standard InChI is InChI=1S/C14H17N3O/c1-3-4-9-15-14(18)11(2)17-10-16-12-7-5-6-8-13(12)17/h3,5-8,10-11H,1,4,9H2,2H3,(H,15,18). The fraction of sp³-hybridized carbons (Fsp3) is 0.286. The second kappa shape index (κ2) is 5.49. The number of fused-ring (bicyclic) bond motifs is 1. The van der Waals surface area contributed by atoms with Crippen LogP contribution in [0.1, 0.15) is 19.4 Å². The van der Waals surface area contributed by atoms with Crippen molar-refractivity contribution in [2.24, 2.45) is 0 Å². The van der Waals surface area contributed by atoms with Crippen LogP contribution in [0.15, 0.2) is 43.2 Å². The Morgan fingerprint density at radius 1 is 1.56 bits per heavy atom. The number of nitrogens with zero attached hydrogens (tertiary/aromatic N) is 2. The van der Waals surface area contributed by atoms with E-state index in [-0.39, 0.29) is 11.9 Å². The summed E-state index contributed by atoms with van der Waals surface area (Å²) in [6.07, 6.45) is 4.28. The smallest absolute Gasteiger partial charge is 0.242 e. The molecule has 4 heteroatoms. The first-order chi connectivity index (χ1) is 8.74. The quantitative estimate of drug-likeness (QED) is 0.647. The fourth-order valence-electron chi connectivity index (χ4n) is 1.86. The molecule has 0 radical (unpaired) electrons. The van der Waals surface area contributed by atoms with Crippen LogP contribution >= 0.6 is 0 Å². The molecule has 0 aliphatic heterocycles. The molecule has 4 nitrogen and oxygen atoms in total. The lowest BCUT2D eigenvalue weighted by Crippen LogP contribution is -2.31. The topological polar surface area (TPSA) is 46.9 Å². The third kappa shape index (κ3) is 2.42. The van der Waals surface area contributed by atoms with Gasteiger partial charge in [-0.1, -0.05) is 18.2 Å². The maximum Gasteiger partial charge on any atom is 0.242 e. The molecule has 0 spiro atoms. The molecule has 0 saturated carbocycles. The van der Waals surface area contributed by atoms with Gasteiger partial charge < -0.3 is 9.88 Å². The van der Waals surface area contributed by atoms with Gasteiger partial charge in [0, 0.05) is 6.54 Å². The monoisotopic (exact) mass is 243 g/mol. The van der Waals surface area contributed by atoms with Gasteiger partial charge in [0.1, 0.15) is 6.04 Å². The Morgan fingerprint density at radius 3 is 3.11 bits per heavy atom. The van der Waals surface area contributed by atoms with Crippen molar-refractivity contribution in [2.75, 3.05) is 6.54 Å². The molecule has 0 bridgehead atoms. The third-order valence-electron chi connectivity index (χ3n) is 2.93. The molecule has 18 heavy (non-hydrogen) atoms. The highest BCUT2D eigenvalue weighted by atomic mass is 16.2. The molecule has 1 aromatic carbocycles. The van der Waals surface area contributed by atoms with E-state index in [2.05, 4.69) is 16.9 Å². The molecule has 1 amide bonds. The highest BCUT2D eigenvalue weighted by molar-refractivity contribution is 5.83. The van der Waals surface area contributed by atoms with Crippen molar-refractivity contribution in [1.82, 2.24) is 14.9 Å². The van der Waals surface area contributed by atoms with Crippen LogP contribution in [0.25, 0.3) is 11.0 Å². The zero-order valence-electron chi connectivity index (χ0n) is 10.5. The molecule has 1 aromatic heterocycles. The van der Waals surface area contributed by atoms with Crippen molar-refractivity contribution in [3.63, 3.8) is 0 Å². The van der Waals surface area contributed by atoms with Crippen LogP contribution in [-0.2, 0) is 4.79 Å². The summed E-state index contributed by atoms with van der Waals surface area (Å²) >= 11 is 0. The summed E-state index contributed by atoms with van der Waals surface area (Å²) < 4.78 is 1.89. The molecular formula is C14H17N3O. The number of aromatic nitrogens is 2. The van der Waals surface area contributed by atoms with Gasteiger partial charge in [-0.05, 0) is 25.5 Å². The van der Waals surface area contributed by atoms with E-state index in [9.17, 15) is 4.79 Å². The second-order valence-electron chi connectivity index (χ2n) is 4.18. The summed E-state index contributed by atoms with van der Waals surface area (Å²) in [5.41, 5.74) is 1.88. The summed E-state index contributed by atoms with van der Waals surface area (Å²) in [7, 11) is 0. The summed E-state index contributed by atoms with van der Waals surface area (Å²) in [5, 5.41) is 2.88. The van der Waals surface area contributed by atoms with Gasteiger partial charge in [-0.3, -0.25) is 4.79 Å². The Hall–Kier alpha value is -2.10. The Bertz CT molecular complexity index is 559. The number of para-hydroxylation sites is 2. The van der Waals surface area contributed by atoms with Gasteiger partial charge in [0.15, 0.2) is 0 Å². The number of rotatable bonds is 5. The third-order valence-corrected chi connectivity index (χ3v) is 2.93. The molecule has 1 N–H and O–H groups in total. The highest BCUT2D eigenvalue weighted by Crippen LogP contribution is 2.17. The summed E-state index contributed by atoms with van der Waals surface area (Å²) in [4.78, 5) is 16.3. The van der Waals surface area contributed by atoms with E-state index in [1.807, 2.05) is 35.8 Å². The summed E-state index contributed by atoms with van der Waals surface area (Å²) in [6, 6.07) is 7.53. The van der Waals surface area contributed by atoms with Crippen molar-refractivity contribution >= 4 is 16.9 Å². The minimum atomic E-state index is -0.262. The molecule has 0 fully saturated rings. The van der Waals surface area contributed by atoms with Gasteiger partial charge in [0.25, 0.3) is 0 Å². The molecular weight excluding hydrogens is 226 g/mol. The van der Waals surface area contributed by atoms with Crippen molar-refractivity contribution in [2.45, 2.75) is 19.4 Å². The van der Waals surface area contributed by atoms with Crippen molar-refractivity contribution in [1.29, 1.82) is 0 Å². The van der Waals surface area contributed by atoms with E-state index in [0.717, 1.165) is 17.5 Å². The van der Waals surface area contributed by atoms with Crippen molar-refractivity contribution in [3.05, 3.63) is 43.2 Å². The number of benzene rings is 1. The number of imidazole rings is 1. The van der Waals surface area contributed by atoms with Crippen molar-refractivity contribution < 1.29 is 4.79 Å². The molecule has 1 unspecified atom stereocenters. The van der Waals surface area contributed by atoms with E-state index < -0.39 is 0 Å². The highest BCUT2D eigenvalue weighted by Gasteiger charge is 2.16. The number of hydrogen-bond donors (Lipinski definition) is 1. The zero-order valence-corrected chi connectivity index (χ0v) is 10.5. The van der Waals surface area contributed by atoms with E-state index in [4.69, 9.17) is 0 Å². The maximum absolute atomic E-state index is 12.0. The largest absolute Gasteiger partial charge is 0.354 e. The Labute approximate surface area is 106 Å². The van der Waals surface area contributed by atoms with Gasteiger partial charge in [-0.15, -0.1) is 6.58 Å². The fourth-order valence-corrected chi connectivity index (χ4v) is 1.86. The Balaban J connectivity index is 2.15. The van der Waals surface area contributed by atoms with Gasteiger partial charge in [0.2, 0.25) is 5.91 Å². The summed E-state index contributed by atoms with van der Waals surface area (Å²) in [5.74, 6) is 0.00000283. The average molecular weight is 243 g/mol. The van der Waals surface area contributed by atoms with Gasteiger partial charge in [-0.2, -0.15) is 0 Å². The van der Waals surface area contributed by atoms with Crippen LogP contribution < -0.4 is 5.32 Å². The molecule has 1 atom stereocenters. The van der Waals surface area contributed by atoms with Crippen LogP contribution in [0.4, 0.5) is 0 Å². The van der Waals surface area contributed by atoms with Crippen LogP contribution in [-0.4, -0.2) is 22.0 Å². The van der Waals surface area contributed by atoms with Crippen LogP contribution in [0, 0.1) is 0 Å². The second-order valence-corrected chi connectivity index (χ2v) is 4.18. The van der Waals surface area contributed by atoms with Gasteiger partial charge in [0.05, 0.1) is 17.4 Å². The number of nitrogens with one attached hydrogen (secondary N) is 1.